The highest BCUT2D eigenvalue weighted by molar-refractivity contribution is 14.1. The first-order valence-electron chi connectivity index (χ1n) is 2.76. The summed E-state index contributed by atoms with van der Waals surface area (Å²) < 4.78 is 1.03. The zero-order valence-electron chi connectivity index (χ0n) is 5.36. The van der Waals surface area contributed by atoms with Gasteiger partial charge in [0, 0.05) is 8.47 Å². The molecule has 0 nitrogen and oxygen atoms in total. The van der Waals surface area contributed by atoms with E-state index in [1.165, 1.54) is 0 Å². The zero-order valence-corrected chi connectivity index (χ0v) is 9.17. The summed E-state index contributed by atoms with van der Waals surface area (Å²) in [4.78, 5) is 0.980. The van der Waals surface area contributed by atoms with Crippen LogP contribution in [0.2, 0.25) is 5.02 Å². The van der Waals surface area contributed by atoms with Crippen molar-refractivity contribution >= 4 is 46.8 Å². The van der Waals surface area contributed by atoms with Crippen molar-refractivity contribution in [2.75, 3.05) is 0 Å². The normalized spacial score (nSPS) is 10.0. The fourth-order valence-electron chi connectivity index (χ4n) is 0.636. The molecule has 0 aliphatic rings. The quantitative estimate of drug-likeness (QED) is 0.547. The second kappa shape index (κ2) is 3.32. The number of benzene rings is 1. The van der Waals surface area contributed by atoms with Gasteiger partial charge in [0.15, 0.2) is 0 Å². The Morgan fingerprint density at radius 3 is 2.60 bits per heavy atom. The first-order chi connectivity index (χ1) is 4.63. The van der Waals surface area contributed by atoms with Gasteiger partial charge in [0.05, 0.1) is 5.02 Å². The Kier molecular flexibility index (Phi) is 2.89. The predicted molar refractivity (Wildman–Crippen MR) is 56.2 cm³/mol. The van der Waals surface area contributed by atoms with Gasteiger partial charge in [0.1, 0.15) is 0 Å². The Balaban J connectivity index is 3.34. The summed E-state index contributed by atoms with van der Waals surface area (Å²) in [5.74, 6) is 0. The fourth-order valence-corrected chi connectivity index (χ4v) is 1.66. The maximum atomic E-state index is 5.83. The molecule has 0 heterocycles. The van der Waals surface area contributed by atoms with E-state index in [1.807, 2.05) is 19.1 Å². The highest BCUT2D eigenvalue weighted by Gasteiger charge is 2.01. The molecular formula is C7H6ClIS. The highest BCUT2D eigenvalue weighted by Crippen LogP contribution is 2.27. The molecule has 0 spiro atoms. The second-order valence-corrected chi connectivity index (χ2v) is 3.96. The van der Waals surface area contributed by atoms with Crippen molar-refractivity contribution in [3.05, 3.63) is 26.3 Å². The molecule has 3 heteroatoms. The summed E-state index contributed by atoms with van der Waals surface area (Å²) in [6, 6.07) is 3.85. The Morgan fingerprint density at radius 1 is 1.50 bits per heavy atom. The number of halogens is 2. The van der Waals surface area contributed by atoms with Crippen LogP contribution in [0.15, 0.2) is 17.0 Å². The lowest BCUT2D eigenvalue weighted by atomic mass is 10.2. The minimum Gasteiger partial charge on any atom is -0.142 e. The smallest absolute Gasteiger partial charge is 0.0550 e. The monoisotopic (exact) mass is 284 g/mol. The van der Waals surface area contributed by atoms with E-state index in [1.54, 1.807) is 0 Å². The summed E-state index contributed by atoms with van der Waals surface area (Å²) in [5, 5.41) is 0.774. The lowest BCUT2D eigenvalue weighted by Crippen LogP contribution is -1.81. The molecule has 0 fully saturated rings. The van der Waals surface area contributed by atoms with Crippen LogP contribution in [0, 0.1) is 10.5 Å². The number of aryl methyl sites for hydroxylation is 1. The van der Waals surface area contributed by atoms with Gasteiger partial charge in [-0.2, -0.15) is 0 Å². The van der Waals surface area contributed by atoms with Gasteiger partial charge < -0.3 is 0 Å². The van der Waals surface area contributed by atoms with E-state index in [2.05, 4.69) is 35.2 Å². The third-order valence-electron chi connectivity index (χ3n) is 1.27. The van der Waals surface area contributed by atoms with Crippen LogP contribution in [0.3, 0.4) is 0 Å². The average Bonchev–Trinajstić information content (AvgIpc) is 1.93. The molecule has 10 heavy (non-hydrogen) atoms. The lowest BCUT2D eigenvalue weighted by Gasteiger charge is -2.02. The largest absolute Gasteiger partial charge is 0.142 e. The predicted octanol–water partition coefficient (Wildman–Crippen LogP) is 3.54. The van der Waals surface area contributed by atoms with Crippen LogP contribution in [0.4, 0.5) is 0 Å². The van der Waals surface area contributed by atoms with Crippen molar-refractivity contribution in [2.45, 2.75) is 11.8 Å². The molecule has 0 bridgehead atoms. The Hall–Kier alpha value is 0.590. The van der Waals surface area contributed by atoms with Crippen LogP contribution in [-0.4, -0.2) is 0 Å². The summed E-state index contributed by atoms with van der Waals surface area (Å²) in [7, 11) is 0. The van der Waals surface area contributed by atoms with E-state index >= 15 is 0 Å². The second-order valence-electron chi connectivity index (χ2n) is 2.03. The first-order valence-corrected chi connectivity index (χ1v) is 4.67. The Bertz CT molecular complexity index is 233. The molecule has 0 N–H and O–H groups in total. The summed E-state index contributed by atoms with van der Waals surface area (Å²) in [6.07, 6.45) is 0. The van der Waals surface area contributed by atoms with Crippen molar-refractivity contribution in [3.63, 3.8) is 0 Å². The van der Waals surface area contributed by atoms with Crippen molar-refractivity contribution in [1.29, 1.82) is 0 Å². The van der Waals surface area contributed by atoms with Gasteiger partial charge in [0.25, 0.3) is 0 Å². The maximum Gasteiger partial charge on any atom is 0.0550 e. The molecule has 0 atom stereocenters. The number of rotatable bonds is 0. The zero-order chi connectivity index (χ0) is 7.72. The molecule has 1 aromatic carbocycles. The van der Waals surface area contributed by atoms with Gasteiger partial charge >= 0.3 is 0 Å². The van der Waals surface area contributed by atoms with Gasteiger partial charge in [-0.25, -0.2) is 0 Å². The van der Waals surface area contributed by atoms with E-state index in [-0.39, 0.29) is 0 Å². The van der Waals surface area contributed by atoms with Crippen molar-refractivity contribution in [1.82, 2.24) is 0 Å². The van der Waals surface area contributed by atoms with Crippen molar-refractivity contribution < 1.29 is 0 Å². The molecule has 0 aliphatic carbocycles. The van der Waals surface area contributed by atoms with Crippen LogP contribution >= 0.6 is 46.8 Å². The molecule has 54 valence electrons. The van der Waals surface area contributed by atoms with Crippen molar-refractivity contribution in [2.24, 2.45) is 0 Å². The number of hydrogen-bond acceptors (Lipinski definition) is 1. The topological polar surface area (TPSA) is 0 Å². The minimum atomic E-state index is 0.774. The van der Waals surface area contributed by atoms with Gasteiger partial charge in [0.2, 0.25) is 0 Å². The summed E-state index contributed by atoms with van der Waals surface area (Å²) >= 11 is 12.3. The number of hydrogen-bond donors (Lipinski definition) is 1. The maximum absolute atomic E-state index is 5.83. The lowest BCUT2D eigenvalue weighted by molar-refractivity contribution is 1.28. The molecule has 0 saturated carbocycles. The minimum absolute atomic E-state index is 0.774. The molecule has 0 aromatic heterocycles. The van der Waals surface area contributed by atoms with Crippen LogP contribution in [-0.2, 0) is 0 Å². The molecule has 1 aromatic rings. The van der Waals surface area contributed by atoms with E-state index in [4.69, 9.17) is 11.6 Å². The van der Waals surface area contributed by atoms with E-state index < -0.39 is 0 Å². The molecular weight excluding hydrogens is 279 g/mol. The van der Waals surface area contributed by atoms with Gasteiger partial charge in [-0.15, -0.1) is 12.6 Å². The fraction of sp³-hybridized carbons (Fsp3) is 0.143. The first kappa shape index (κ1) is 8.68. The molecule has 0 saturated heterocycles. The molecule has 0 amide bonds. The van der Waals surface area contributed by atoms with E-state index in [9.17, 15) is 0 Å². The third-order valence-corrected chi connectivity index (χ3v) is 4.03. The molecule has 0 unspecified atom stereocenters. The van der Waals surface area contributed by atoms with Gasteiger partial charge in [-0.3, -0.25) is 0 Å². The summed E-state index contributed by atoms with van der Waals surface area (Å²) in [5.41, 5.74) is 1.16. The van der Waals surface area contributed by atoms with E-state index in [0.29, 0.717) is 0 Å². The Morgan fingerprint density at radius 2 is 2.10 bits per heavy atom. The molecule has 0 radical (unpaired) electrons. The van der Waals surface area contributed by atoms with E-state index in [0.717, 1.165) is 19.1 Å². The summed E-state index contributed by atoms with van der Waals surface area (Å²) in [6.45, 7) is 2.01. The van der Waals surface area contributed by atoms with Gasteiger partial charge in [-0.1, -0.05) is 17.7 Å². The molecule has 1 rings (SSSR count). The average molecular weight is 285 g/mol. The van der Waals surface area contributed by atoms with Crippen LogP contribution in [0.1, 0.15) is 5.56 Å². The van der Waals surface area contributed by atoms with Crippen LogP contribution < -0.4 is 0 Å². The number of thiol groups is 1. The third kappa shape index (κ3) is 1.60. The standard InChI is InChI=1S/C7H6ClIS/c1-4-2-3-5(8)6(9)7(4)10/h2-3,10H,1H3. The van der Waals surface area contributed by atoms with Crippen LogP contribution in [0.25, 0.3) is 0 Å². The van der Waals surface area contributed by atoms with Gasteiger partial charge in [-0.05, 0) is 41.1 Å². The Labute approximate surface area is 84.5 Å². The van der Waals surface area contributed by atoms with Crippen molar-refractivity contribution in [3.8, 4) is 0 Å². The highest BCUT2D eigenvalue weighted by atomic mass is 127. The molecule has 0 aliphatic heterocycles. The SMILES string of the molecule is Cc1ccc(Cl)c(I)c1S. The van der Waals surface area contributed by atoms with Crippen LogP contribution in [0.5, 0.6) is 0 Å².